The Morgan fingerprint density at radius 2 is 2.08 bits per heavy atom. The van der Waals surface area contributed by atoms with Crippen LogP contribution in [0.5, 0.6) is 0 Å². The molecule has 142 valence electrons. The summed E-state index contributed by atoms with van der Waals surface area (Å²) in [6.45, 7) is 6.01. The fourth-order valence-electron chi connectivity index (χ4n) is 3.28. The third-order valence-corrected chi connectivity index (χ3v) is 4.89. The summed E-state index contributed by atoms with van der Waals surface area (Å²) in [6, 6.07) is 10.1. The second kappa shape index (κ2) is 9.16. The van der Waals surface area contributed by atoms with Gasteiger partial charge in [-0.1, -0.05) is 30.3 Å². The predicted octanol–water partition coefficient (Wildman–Crippen LogP) is 1.96. The molecule has 7 heteroatoms. The second-order valence-electron chi connectivity index (χ2n) is 6.56. The van der Waals surface area contributed by atoms with E-state index in [1.165, 1.54) is 5.56 Å². The Morgan fingerprint density at radius 3 is 2.73 bits per heavy atom. The van der Waals surface area contributed by atoms with Crippen LogP contribution in [0, 0.1) is 13.8 Å². The van der Waals surface area contributed by atoms with Gasteiger partial charge in [0.05, 0.1) is 24.4 Å². The molecule has 26 heavy (non-hydrogen) atoms. The average molecular weight is 379 g/mol. The number of ether oxygens (including phenoxy) is 1. The van der Waals surface area contributed by atoms with Crippen molar-refractivity contribution < 1.29 is 9.53 Å². The van der Waals surface area contributed by atoms with E-state index in [1.54, 1.807) is 7.11 Å². The molecule has 0 unspecified atom stereocenters. The maximum Gasteiger partial charge on any atom is 0.237 e. The van der Waals surface area contributed by atoms with E-state index in [0.29, 0.717) is 13.0 Å². The molecule has 6 nitrogen and oxygen atoms in total. The smallest absolute Gasteiger partial charge is 0.237 e. The zero-order valence-electron chi connectivity index (χ0n) is 15.5. The predicted molar refractivity (Wildman–Crippen MR) is 104 cm³/mol. The van der Waals surface area contributed by atoms with Gasteiger partial charge in [-0.15, -0.1) is 12.4 Å². The van der Waals surface area contributed by atoms with Crippen molar-refractivity contribution in [1.82, 2.24) is 20.4 Å². The average Bonchev–Trinajstić information content (AvgIpc) is 3.20. The van der Waals surface area contributed by atoms with Crippen molar-refractivity contribution in [3.8, 4) is 0 Å². The molecule has 2 N–H and O–H groups in total. The summed E-state index contributed by atoms with van der Waals surface area (Å²) in [5, 5.41) is 10.9. The fourth-order valence-corrected chi connectivity index (χ4v) is 3.28. The van der Waals surface area contributed by atoms with Gasteiger partial charge in [0.1, 0.15) is 0 Å². The molecule has 1 amide bonds. The van der Waals surface area contributed by atoms with Gasteiger partial charge in [0, 0.05) is 31.5 Å². The molecule has 0 spiro atoms. The van der Waals surface area contributed by atoms with E-state index in [0.717, 1.165) is 30.0 Å². The number of hydrogen-bond donors (Lipinski definition) is 2. The topological polar surface area (TPSA) is 68.2 Å². The number of nitrogens with zero attached hydrogens (tertiary/aromatic N) is 2. The Kier molecular flexibility index (Phi) is 7.20. The monoisotopic (exact) mass is 378 g/mol. The number of methoxy groups -OCH3 is 1. The molecule has 0 aliphatic carbocycles. The molecule has 0 radical (unpaired) electrons. The lowest BCUT2D eigenvalue weighted by atomic mass is 10.1. The zero-order valence-corrected chi connectivity index (χ0v) is 16.3. The van der Waals surface area contributed by atoms with Crippen molar-refractivity contribution in [3.63, 3.8) is 0 Å². The molecule has 0 saturated carbocycles. The number of nitrogens with one attached hydrogen (secondary N) is 2. The Bertz CT molecular complexity index is 733. The van der Waals surface area contributed by atoms with E-state index in [9.17, 15) is 4.79 Å². The van der Waals surface area contributed by atoms with Gasteiger partial charge in [-0.25, -0.2) is 0 Å². The summed E-state index contributed by atoms with van der Waals surface area (Å²) in [4.78, 5) is 12.3. The Balaban J connectivity index is 0.00000243. The van der Waals surface area contributed by atoms with Crippen LogP contribution in [0.4, 0.5) is 0 Å². The minimum atomic E-state index is -0.176. The first kappa shape index (κ1) is 20.4. The third-order valence-electron chi connectivity index (χ3n) is 4.89. The minimum Gasteiger partial charge on any atom is -0.380 e. The van der Waals surface area contributed by atoms with Gasteiger partial charge in [-0.05, 0) is 25.8 Å². The van der Waals surface area contributed by atoms with Crippen molar-refractivity contribution in [3.05, 3.63) is 52.8 Å². The van der Waals surface area contributed by atoms with Gasteiger partial charge in [-0.2, -0.15) is 5.10 Å². The minimum absolute atomic E-state index is 0. The maximum absolute atomic E-state index is 12.3. The summed E-state index contributed by atoms with van der Waals surface area (Å²) >= 11 is 0. The molecule has 3 rings (SSSR count). The lowest BCUT2D eigenvalue weighted by Gasteiger charge is -2.12. The number of carbonyl (C=O) groups is 1. The Labute approximate surface area is 160 Å². The van der Waals surface area contributed by atoms with Gasteiger partial charge in [0.2, 0.25) is 5.91 Å². The van der Waals surface area contributed by atoms with Gasteiger partial charge >= 0.3 is 0 Å². The van der Waals surface area contributed by atoms with Gasteiger partial charge in [0.25, 0.3) is 0 Å². The van der Waals surface area contributed by atoms with Gasteiger partial charge in [-0.3, -0.25) is 9.48 Å². The quantitative estimate of drug-likeness (QED) is 0.806. The highest BCUT2D eigenvalue weighted by atomic mass is 35.5. The standard InChI is InChI=1S/C19H26N4O2.ClH/c1-13-17(11-21-19(24)18-9-16(25-3)10-20-18)14(2)23(22-13)12-15-7-5-4-6-8-15;/h4-8,16,18,20H,9-12H2,1-3H3,(H,21,24);1H/t16-,18-;/m0./s1. The number of rotatable bonds is 6. The number of carbonyl (C=O) groups excluding carboxylic acids is 1. The first-order chi connectivity index (χ1) is 12.1. The highest BCUT2D eigenvalue weighted by Crippen LogP contribution is 2.15. The summed E-state index contributed by atoms with van der Waals surface area (Å²) in [5.41, 5.74) is 4.36. The summed E-state index contributed by atoms with van der Waals surface area (Å²) in [7, 11) is 1.68. The van der Waals surface area contributed by atoms with Gasteiger partial charge < -0.3 is 15.4 Å². The van der Waals surface area contributed by atoms with Crippen LogP contribution in [0.25, 0.3) is 0 Å². The summed E-state index contributed by atoms with van der Waals surface area (Å²) in [5.74, 6) is 0.0224. The molecule has 1 aliphatic heterocycles. The van der Waals surface area contributed by atoms with Crippen LogP contribution in [-0.2, 0) is 22.6 Å². The van der Waals surface area contributed by atoms with E-state index in [1.807, 2.05) is 29.8 Å². The highest BCUT2D eigenvalue weighted by Gasteiger charge is 2.29. The molecule has 2 atom stereocenters. The molecule has 2 aromatic rings. The van der Waals surface area contributed by atoms with Crippen molar-refractivity contribution in [1.29, 1.82) is 0 Å². The number of amides is 1. The number of benzene rings is 1. The number of aromatic nitrogens is 2. The normalized spacial score (nSPS) is 19.2. The van der Waals surface area contributed by atoms with Crippen LogP contribution in [0.15, 0.2) is 30.3 Å². The summed E-state index contributed by atoms with van der Waals surface area (Å²) < 4.78 is 7.30. The molecule has 1 fully saturated rings. The van der Waals surface area contributed by atoms with E-state index in [-0.39, 0.29) is 30.5 Å². The molecule has 1 aromatic carbocycles. The van der Waals surface area contributed by atoms with Crippen LogP contribution in [-0.4, -0.2) is 41.5 Å². The van der Waals surface area contributed by atoms with Crippen LogP contribution in [0.3, 0.4) is 0 Å². The zero-order chi connectivity index (χ0) is 17.8. The van der Waals surface area contributed by atoms with E-state index < -0.39 is 0 Å². The molecule has 0 bridgehead atoms. The van der Waals surface area contributed by atoms with Crippen molar-refractivity contribution in [2.24, 2.45) is 0 Å². The molecular weight excluding hydrogens is 352 g/mol. The second-order valence-corrected chi connectivity index (χ2v) is 6.56. The molecule has 1 aromatic heterocycles. The Morgan fingerprint density at radius 1 is 1.35 bits per heavy atom. The summed E-state index contributed by atoms with van der Waals surface area (Å²) in [6.07, 6.45) is 0.834. The molecular formula is C19H27ClN4O2. The van der Waals surface area contributed by atoms with Crippen molar-refractivity contribution in [2.75, 3.05) is 13.7 Å². The maximum atomic E-state index is 12.3. The lowest BCUT2D eigenvalue weighted by Crippen LogP contribution is -2.40. The van der Waals surface area contributed by atoms with E-state index in [2.05, 4.69) is 34.8 Å². The van der Waals surface area contributed by atoms with E-state index in [4.69, 9.17) is 4.74 Å². The van der Waals surface area contributed by atoms with Crippen LogP contribution < -0.4 is 10.6 Å². The van der Waals surface area contributed by atoms with E-state index >= 15 is 0 Å². The number of halogens is 1. The molecule has 1 aliphatic rings. The third kappa shape index (κ3) is 4.63. The number of hydrogen-bond acceptors (Lipinski definition) is 4. The first-order valence-corrected chi connectivity index (χ1v) is 8.69. The van der Waals surface area contributed by atoms with Crippen LogP contribution in [0.1, 0.15) is 28.9 Å². The highest BCUT2D eigenvalue weighted by molar-refractivity contribution is 5.85. The number of aryl methyl sites for hydroxylation is 1. The van der Waals surface area contributed by atoms with Crippen molar-refractivity contribution >= 4 is 18.3 Å². The first-order valence-electron chi connectivity index (χ1n) is 8.69. The van der Waals surface area contributed by atoms with Crippen LogP contribution >= 0.6 is 12.4 Å². The van der Waals surface area contributed by atoms with Gasteiger partial charge in [0.15, 0.2) is 0 Å². The largest absolute Gasteiger partial charge is 0.380 e. The molecule has 1 saturated heterocycles. The fraction of sp³-hybridized carbons (Fsp3) is 0.474. The van der Waals surface area contributed by atoms with Crippen LogP contribution in [0.2, 0.25) is 0 Å². The lowest BCUT2D eigenvalue weighted by molar-refractivity contribution is -0.123. The SMILES string of the molecule is CO[C@@H]1CN[C@H](C(=O)NCc2c(C)nn(Cc3ccccc3)c2C)C1.Cl. The Hall–Kier alpha value is -1.89. The molecule has 2 heterocycles. The van der Waals surface area contributed by atoms with Crippen molar-refractivity contribution in [2.45, 2.75) is 45.5 Å².